The third-order valence-electron chi connectivity index (χ3n) is 4.20. The first-order valence-electron chi connectivity index (χ1n) is 9.49. The first-order chi connectivity index (χ1) is 15.4. The van der Waals surface area contributed by atoms with Gasteiger partial charge in [0.25, 0.3) is 5.91 Å². The summed E-state index contributed by atoms with van der Waals surface area (Å²) in [6.45, 7) is 2.46. The van der Waals surface area contributed by atoms with Gasteiger partial charge in [0.2, 0.25) is 0 Å². The van der Waals surface area contributed by atoms with Gasteiger partial charge >= 0.3 is 0 Å². The lowest BCUT2D eigenvalue weighted by molar-refractivity contribution is 0.0955. The summed E-state index contributed by atoms with van der Waals surface area (Å²) in [6, 6.07) is 15.7. The second kappa shape index (κ2) is 11.7. The molecule has 0 spiro atoms. The van der Waals surface area contributed by atoms with Crippen LogP contribution >= 0.6 is 57.4 Å². The lowest BCUT2D eigenvalue weighted by Gasteiger charge is -2.15. The SMILES string of the molecule is CCOc1cc(/C=N\NC(=O)c2ccc(I)cc2)cc(Cl)c1OCc1ccc(Cl)cc1Cl. The number of rotatable bonds is 8. The molecule has 0 heterocycles. The minimum atomic E-state index is -0.312. The van der Waals surface area contributed by atoms with E-state index in [4.69, 9.17) is 44.3 Å². The van der Waals surface area contributed by atoms with Crippen molar-refractivity contribution in [2.45, 2.75) is 13.5 Å². The van der Waals surface area contributed by atoms with Crippen molar-refractivity contribution in [3.05, 3.63) is 89.9 Å². The fourth-order valence-corrected chi connectivity index (χ4v) is 3.78. The number of hydrogen-bond donors (Lipinski definition) is 1. The summed E-state index contributed by atoms with van der Waals surface area (Å²) in [5, 5.41) is 5.40. The molecule has 3 aromatic rings. The lowest BCUT2D eigenvalue weighted by atomic mass is 10.2. The van der Waals surface area contributed by atoms with Crippen LogP contribution in [0.25, 0.3) is 0 Å². The number of benzene rings is 3. The van der Waals surface area contributed by atoms with E-state index in [1.54, 1.807) is 42.5 Å². The summed E-state index contributed by atoms with van der Waals surface area (Å²) < 4.78 is 12.6. The molecule has 1 N–H and O–H groups in total. The molecule has 0 saturated carbocycles. The van der Waals surface area contributed by atoms with Crippen molar-refractivity contribution in [1.29, 1.82) is 0 Å². The Morgan fingerprint density at radius 3 is 2.47 bits per heavy atom. The Hall–Kier alpha value is -2.00. The van der Waals surface area contributed by atoms with Gasteiger partial charge in [-0.3, -0.25) is 4.79 Å². The largest absolute Gasteiger partial charge is 0.490 e. The van der Waals surface area contributed by atoms with Gasteiger partial charge in [0.05, 0.1) is 17.8 Å². The van der Waals surface area contributed by atoms with E-state index in [2.05, 4.69) is 33.1 Å². The topological polar surface area (TPSA) is 59.9 Å². The third-order valence-corrected chi connectivity index (χ3v) is 5.79. The van der Waals surface area contributed by atoms with Crippen molar-refractivity contribution >= 4 is 69.5 Å². The van der Waals surface area contributed by atoms with Gasteiger partial charge in [0.1, 0.15) is 6.61 Å². The number of nitrogens with zero attached hydrogens (tertiary/aromatic N) is 1. The van der Waals surface area contributed by atoms with Crippen LogP contribution < -0.4 is 14.9 Å². The summed E-state index contributed by atoms with van der Waals surface area (Å²) in [4.78, 5) is 12.2. The van der Waals surface area contributed by atoms with Crippen molar-refractivity contribution < 1.29 is 14.3 Å². The van der Waals surface area contributed by atoms with Crippen molar-refractivity contribution in [3.8, 4) is 11.5 Å². The highest BCUT2D eigenvalue weighted by molar-refractivity contribution is 14.1. The average molecular weight is 604 g/mol. The maximum atomic E-state index is 12.2. The number of carbonyl (C=O) groups is 1. The number of carbonyl (C=O) groups excluding carboxylic acids is 1. The molecule has 1 amide bonds. The molecule has 0 saturated heterocycles. The summed E-state index contributed by atoms with van der Waals surface area (Å²) >= 11 is 20.8. The predicted octanol–water partition coefficient (Wildman–Crippen LogP) is 6.99. The zero-order valence-electron chi connectivity index (χ0n) is 16.9. The molecule has 0 aliphatic carbocycles. The van der Waals surface area contributed by atoms with E-state index in [1.165, 1.54) is 6.21 Å². The Morgan fingerprint density at radius 1 is 1.03 bits per heavy atom. The maximum absolute atomic E-state index is 12.2. The van der Waals surface area contributed by atoms with Crippen LogP contribution in [0.2, 0.25) is 15.1 Å². The molecule has 5 nitrogen and oxygen atoms in total. The molecule has 0 aliphatic rings. The summed E-state index contributed by atoms with van der Waals surface area (Å²) in [7, 11) is 0. The molecule has 3 rings (SSSR count). The number of hydrogen-bond acceptors (Lipinski definition) is 4. The van der Waals surface area contributed by atoms with E-state index in [0.29, 0.717) is 44.3 Å². The molecule has 0 atom stereocenters. The van der Waals surface area contributed by atoms with Gasteiger partial charge in [0.15, 0.2) is 11.5 Å². The molecule has 3 aromatic carbocycles. The molecule has 0 bridgehead atoms. The Kier molecular flexibility index (Phi) is 9.04. The number of amides is 1. The Balaban J connectivity index is 1.73. The second-order valence-corrected chi connectivity index (χ2v) is 8.99. The van der Waals surface area contributed by atoms with Gasteiger partial charge in [-0.05, 0) is 83.6 Å². The summed E-state index contributed by atoms with van der Waals surface area (Å²) in [5.74, 6) is 0.531. The van der Waals surface area contributed by atoms with Crippen molar-refractivity contribution in [3.63, 3.8) is 0 Å². The predicted molar refractivity (Wildman–Crippen MR) is 138 cm³/mol. The highest BCUT2D eigenvalue weighted by atomic mass is 127. The number of halogens is 4. The van der Waals surface area contributed by atoms with E-state index in [0.717, 1.165) is 9.13 Å². The maximum Gasteiger partial charge on any atom is 0.271 e. The highest BCUT2D eigenvalue weighted by Crippen LogP contribution is 2.37. The molecule has 0 fully saturated rings. The molecule has 166 valence electrons. The first kappa shape index (κ1) is 24.6. The van der Waals surface area contributed by atoms with E-state index in [1.807, 2.05) is 19.1 Å². The minimum absolute atomic E-state index is 0.190. The summed E-state index contributed by atoms with van der Waals surface area (Å²) in [5.41, 5.74) is 4.41. The Bertz CT molecular complexity index is 1140. The van der Waals surface area contributed by atoms with Gasteiger partial charge in [-0.1, -0.05) is 40.9 Å². The van der Waals surface area contributed by atoms with Gasteiger partial charge in [0, 0.05) is 24.7 Å². The van der Waals surface area contributed by atoms with E-state index < -0.39 is 0 Å². The van der Waals surface area contributed by atoms with E-state index in [-0.39, 0.29) is 12.5 Å². The standard InChI is InChI=1S/C23H18Cl3IN2O3/c1-2-31-21-10-14(12-28-29-23(30)15-4-7-18(27)8-5-15)9-20(26)22(21)32-13-16-3-6-17(24)11-19(16)25/h3-12H,2,13H2,1H3,(H,29,30)/b28-12-. The van der Waals surface area contributed by atoms with Crippen molar-refractivity contribution in [1.82, 2.24) is 5.43 Å². The van der Waals surface area contributed by atoms with Crippen molar-refractivity contribution in [2.24, 2.45) is 5.10 Å². The zero-order valence-corrected chi connectivity index (χ0v) is 21.3. The Labute approximate surface area is 214 Å². The van der Waals surface area contributed by atoms with E-state index in [9.17, 15) is 4.79 Å². The number of hydrazone groups is 1. The van der Waals surface area contributed by atoms with Gasteiger partial charge < -0.3 is 9.47 Å². The fraction of sp³-hybridized carbons (Fsp3) is 0.130. The molecule has 0 radical (unpaired) electrons. The molecule has 0 aromatic heterocycles. The van der Waals surface area contributed by atoms with Crippen LogP contribution in [0.5, 0.6) is 11.5 Å². The Morgan fingerprint density at radius 2 is 1.78 bits per heavy atom. The molecular weight excluding hydrogens is 586 g/mol. The van der Waals surface area contributed by atoms with Gasteiger partial charge in [-0.25, -0.2) is 5.43 Å². The van der Waals surface area contributed by atoms with Crippen LogP contribution in [0.4, 0.5) is 0 Å². The lowest BCUT2D eigenvalue weighted by Crippen LogP contribution is -2.17. The summed E-state index contributed by atoms with van der Waals surface area (Å²) in [6.07, 6.45) is 1.48. The molecular formula is C23H18Cl3IN2O3. The van der Waals surface area contributed by atoms with Crippen LogP contribution in [0.1, 0.15) is 28.4 Å². The normalized spacial score (nSPS) is 10.9. The van der Waals surface area contributed by atoms with Crippen LogP contribution in [-0.2, 0) is 6.61 Å². The molecule has 9 heteroatoms. The zero-order chi connectivity index (χ0) is 23.1. The number of nitrogens with one attached hydrogen (secondary N) is 1. The van der Waals surface area contributed by atoms with Crippen molar-refractivity contribution in [2.75, 3.05) is 6.61 Å². The second-order valence-electron chi connectivity index (χ2n) is 6.49. The van der Waals surface area contributed by atoms with Crippen LogP contribution in [0.3, 0.4) is 0 Å². The van der Waals surface area contributed by atoms with Gasteiger partial charge in [-0.15, -0.1) is 0 Å². The minimum Gasteiger partial charge on any atom is -0.490 e. The van der Waals surface area contributed by atoms with Gasteiger partial charge in [-0.2, -0.15) is 5.10 Å². The fourth-order valence-electron chi connectivity index (χ4n) is 2.69. The van der Waals surface area contributed by atoms with Crippen LogP contribution in [0, 0.1) is 3.57 Å². The molecule has 0 aliphatic heterocycles. The first-order valence-corrected chi connectivity index (χ1v) is 11.7. The number of ether oxygens (including phenoxy) is 2. The third kappa shape index (κ3) is 6.75. The quantitative estimate of drug-likeness (QED) is 0.172. The highest BCUT2D eigenvalue weighted by Gasteiger charge is 2.14. The monoisotopic (exact) mass is 602 g/mol. The average Bonchev–Trinajstić information content (AvgIpc) is 2.75. The van der Waals surface area contributed by atoms with Crippen LogP contribution in [0.15, 0.2) is 59.7 Å². The van der Waals surface area contributed by atoms with E-state index >= 15 is 0 Å². The molecule has 0 unspecified atom stereocenters. The smallest absolute Gasteiger partial charge is 0.271 e. The van der Waals surface area contributed by atoms with Crippen LogP contribution in [-0.4, -0.2) is 18.7 Å². The molecule has 32 heavy (non-hydrogen) atoms.